The van der Waals surface area contributed by atoms with Crippen molar-refractivity contribution in [1.29, 1.82) is 0 Å². The molecule has 1 aromatic heterocycles. The summed E-state index contributed by atoms with van der Waals surface area (Å²) in [6.45, 7) is 1.88. The van der Waals surface area contributed by atoms with Gasteiger partial charge in [-0.15, -0.1) is 0 Å². The number of hydrogen-bond acceptors (Lipinski definition) is 4. The van der Waals surface area contributed by atoms with Crippen molar-refractivity contribution in [3.63, 3.8) is 0 Å². The Labute approximate surface area is 115 Å². The van der Waals surface area contributed by atoms with Crippen LogP contribution in [0, 0.1) is 6.92 Å². The first-order valence-electron chi connectivity index (χ1n) is 5.69. The van der Waals surface area contributed by atoms with Gasteiger partial charge in [-0.3, -0.25) is 4.68 Å². The van der Waals surface area contributed by atoms with Crippen LogP contribution in [-0.2, 0) is 18.4 Å². The van der Waals surface area contributed by atoms with E-state index < -0.39 is 5.97 Å². The number of nitrogens with two attached hydrogens (primary N) is 1. The van der Waals surface area contributed by atoms with Crippen LogP contribution in [0.4, 0.5) is 5.69 Å². The summed E-state index contributed by atoms with van der Waals surface area (Å²) >= 11 is 5.86. The van der Waals surface area contributed by atoms with Crippen LogP contribution >= 0.6 is 11.6 Å². The van der Waals surface area contributed by atoms with Gasteiger partial charge in [0.2, 0.25) is 0 Å². The maximum atomic E-state index is 12.0. The minimum atomic E-state index is -0.499. The zero-order chi connectivity index (χ0) is 14.0. The lowest BCUT2D eigenvalue weighted by Crippen LogP contribution is -2.12. The lowest BCUT2D eigenvalue weighted by molar-refractivity contribution is 0.0461. The van der Waals surface area contributed by atoms with Crippen molar-refractivity contribution in [2.45, 2.75) is 13.5 Å². The predicted molar refractivity (Wildman–Crippen MR) is 72.9 cm³/mol. The summed E-state index contributed by atoms with van der Waals surface area (Å²) in [7, 11) is 1.65. The van der Waals surface area contributed by atoms with Crippen molar-refractivity contribution >= 4 is 23.3 Å². The number of anilines is 1. The molecule has 0 saturated carbocycles. The molecule has 0 atom stereocenters. The number of ether oxygens (including phenoxy) is 1. The van der Waals surface area contributed by atoms with Crippen LogP contribution < -0.4 is 5.73 Å². The van der Waals surface area contributed by atoms with Crippen molar-refractivity contribution in [2.75, 3.05) is 5.73 Å². The average molecular weight is 280 g/mol. The van der Waals surface area contributed by atoms with E-state index in [1.807, 2.05) is 6.07 Å². The molecule has 0 saturated heterocycles. The highest BCUT2D eigenvalue weighted by Gasteiger charge is 2.19. The van der Waals surface area contributed by atoms with Crippen molar-refractivity contribution in [1.82, 2.24) is 9.78 Å². The van der Waals surface area contributed by atoms with E-state index in [1.165, 1.54) is 4.68 Å². The van der Waals surface area contributed by atoms with E-state index in [2.05, 4.69) is 5.10 Å². The van der Waals surface area contributed by atoms with Crippen molar-refractivity contribution < 1.29 is 9.53 Å². The van der Waals surface area contributed by atoms with Gasteiger partial charge in [0.15, 0.2) is 5.69 Å². The summed E-state index contributed by atoms with van der Waals surface area (Å²) < 4.78 is 6.63. The third-order valence-corrected chi connectivity index (χ3v) is 2.96. The first kappa shape index (κ1) is 13.4. The van der Waals surface area contributed by atoms with E-state index in [9.17, 15) is 4.79 Å². The van der Waals surface area contributed by atoms with E-state index in [4.69, 9.17) is 22.1 Å². The number of esters is 1. The highest BCUT2D eigenvalue weighted by atomic mass is 35.5. The van der Waals surface area contributed by atoms with E-state index in [0.29, 0.717) is 16.4 Å². The zero-order valence-corrected chi connectivity index (χ0v) is 11.4. The van der Waals surface area contributed by atoms with Gasteiger partial charge in [0.1, 0.15) is 6.61 Å². The zero-order valence-electron chi connectivity index (χ0n) is 10.7. The van der Waals surface area contributed by atoms with Gasteiger partial charge in [0.05, 0.1) is 11.4 Å². The Bertz CT molecular complexity index is 622. The molecule has 2 aromatic rings. The number of carbonyl (C=O) groups is 1. The van der Waals surface area contributed by atoms with Crippen LogP contribution in [0.1, 0.15) is 21.7 Å². The number of benzene rings is 1. The van der Waals surface area contributed by atoms with E-state index in [1.54, 1.807) is 32.2 Å². The third kappa shape index (κ3) is 2.88. The number of aryl methyl sites for hydroxylation is 2. The molecule has 0 aliphatic rings. The van der Waals surface area contributed by atoms with Gasteiger partial charge >= 0.3 is 5.97 Å². The summed E-state index contributed by atoms with van der Waals surface area (Å²) in [5.41, 5.74) is 7.83. The Morgan fingerprint density at radius 1 is 1.53 bits per heavy atom. The van der Waals surface area contributed by atoms with Crippen LogP contribution in [0.2, 0.25) is 5.02 Å². The fourth-order valence-electron chi connectivity index (χ4n) is 1.76. The second-order valence-corrected chi connectivity index (χ2v) is 4.61. The van der Waals surface area contributed by atoms with Crippen LogP contribution in [0.3, 0.4) is 0 Å². The number of nitrogens with zero attached hydrogens (tertiary/aromatic N) is 2. The van der Waals surface area contributed by atoms with Gasteiger partial charge in [0.25, 0.3) is 0 Å². The number of nitrogen functional groups attached to an aromatic ring is 1. The van der Waals surface area contributed by atoms with E-state index in [-0.39, 0.29) is 12.3 Å². The second kappa shape index (κ2) is 5.32. The number of aromatic nitrogens is 2. The van der Waals surface area contributed by atoms with Gasteiger partial charge in [0, 0.05) is 12.1 Å². The molecular weight excluding hydrogens is 266 g/mol. The smallest absolute Gasteiger partial charge is 0.359 e. The Hall–Kier alpha value is -2.01. The Balaban J connectivity index is 2.10. The lowest BCUT2D eigenvalue weighted by Gasteiger charge is -2.06. The standard InChI is InChI=1S/C13H14ClN3O2/c1-8-11(15)12(17(2)16-8)13(18)19-7-9-4-3-5-10(14)6-9/h3-6H,7,15H2,1-2H3. The SMILES string of the molecule is Cc1nn(C)c(C(=O)OCc2cccc(Cl)c2)c1N. The molecule has 0 aliphatic carbocycles. The van der Waals surface area contributed by atoms with Crippen LogP contribution in [0.5, 0.6) is 0 Å². The van der Waals surface area contributed by atoms with Crippen LogP contribution in [0.25, 0.3) is 0 Å². The maximum Gasteiger partial charge on any atom is 0.359 e. The fourth-order valence-corrected chi connectivity index (χ4v) is 1.97. The molecule has 5 nitrogen and oxygen atoms in total. The van der Waals surface area contributed by atoms with Crippen molar-refractivity contribution in [2.24, 2.45) is 7.05 Å². The van der Waals surface area contributed by atoms with Gasteiger partial charge < -0.3 is 10.5 Å². The van der Waals surface area contributed by atoms with Crippen molar-refractivity contribution in [3.05, 3.63) is 46.2 Å². The average Bonchev–Trinajstić information content (AvgIpc) is 2.61. The second-order valence-electron chi connectivity index (χ2n) is 4.18. The monoisotopic (exact) mass is 279 g/mol. The first-order chi connectivity index (χ1) is 8.99. The summed E-state index contributed by atoms with van der Waals surface area (Å²) in [4.78, 5) is 12.0. The number of halogens is 1. The number of hydrogen-bond donors (Lipinski definition) is 1. The first-order valence-corrected chi connectivity index (χ1v) is 6.07. The van der Waals surface area contributed by atoms with Gasteiger partial charge in [-0.1, -0.05) is 23.7 Å². The molecule has 1 aromatic carbocycles. The molecule has 19 heavy (non-hydrogen) atoms. The normalized spacial score (nSPS) is 10.5. The molecule has 0 fully saturated rings. The van der Waals surface area contributed by atoms with Gasteiger partial charge in [-0.05, 0) is 24.6 Å². The molecule has 0 aliphatic heterocycles. The minimum Gasteiger partial charge on any atom is -0.456 e. The quantitative estimate of drug-likeness (QED) is 0.876. The maximum absolute atomic E-state index is 12.0. The molecule has 2 rings (SSSR count). The minimum absolute atomic E-state index is 0.142. The molecule has 0 amide bonds. The van der Waals surface area contributed by atoms with Gasteiger partial charge in [-0.25, -0.2) is 4.79 Å². The topological polar surface area (TPSA) is 70.1 Å². The molecule has 2 N–H and O–H groups in total. The summed E-state index contributed by atoms with van der Waals surface area (Å²) in [6, 6.07) is 7.13. The van der Waals surface area contributed by atoms with Crippen molar-refractivity contribution in [3.8, 4) is 0 Å². The third-order valence-electron chi connectivity index (χ3n) is 2.72. The molecule has 0 bridgehead atoms. The summed E-state index contributed by atoms with van der Waals surface area (Å²) in [5.74, 6) is -0.499. The van der Waals surface area contributed by atoms with Crippen LogP contribution in [-0.4, -0.2) is 15.7 Å². The highest BCUT2D eigenvalue weighted by molar-refractivity contribution is 6.30. The molecule has 1 heterocycles. The number of rotatable bonds is 3. The fraction of sp³-hybridized carbons (Fsp3) is 0.231. The molecule has 6 heteroatoms. The Morgan fingerprint density at radius 3 is 2.84 bits per heavy atom. The molecule has 0 spiro atoms. The molecule has 0 radical (unpaired) electrons. The van der Waals surface area contributed by atoms with E-state index >= 15 is 0 Å². The van der Waals surface area contributed by atoms with Gasteiger partial charge in [-0.2, -0.15) is 5.10 Å². The summed E-state index contributed by atoms with van der Waals surface area (Å²) in [5, 5.41) is 4.67. The Kier molecular flexibility index (Phi) is 3.76. The highest BCUT2D eigenvalue weighted by Crippen LogP contribution is 2.17. The molecule has 100 valence electrons. The molecular formula is C13H14ClN3O2. The van der Waals surface area contributed by atoms with E-state index in [0.717, 1.165) is 5.56 Å². The predicted octanol–water partition coefficient (Wildman–Crippen LogP) is 2.32. The number of carbonyl (C=O) groups excluding carboxylic acids is 1. The largest absolute Gasteiger partial charge is 0.456 e. The Morgan fingerprint density at radius 2 is 2.26 bits per heavy atom. The summed E-state index contributed by atoms with van der Waals surface area (Å²) in [6.07, 6.45) is 0. The lowest BCUT2D eigenvalue weighted by atomic mass is 10.2. The molecule has 0 unspecified atom stereocenters. The van der Waals surface area contributed by atoms with Crippen LogP contribution in [0.15, 0.2) is 24.3 Å².